The highest BCUT2D eigenvalue weighted by Gasteiger charge is 2.29. The van der Waals surface area contributed by atoms with Crippen LogP contribution in [-0.4, -0.2) is 20.7 Å². The van der Waals surface area contributed by atoms with Crippen molar-refractivity contribution in [2.24, 2.45) is 0 Å². The lowest BCUT2D eigenvalue weighted by atomic mass is 10.0. The number of para-hydroxylation sites is 2. The van der Waals surface area contributed by atoms with Gasteiger partial charge in [0.2, 0.25) is 0 Å². The quantitative estimate of drug-likeness (QED) is 0.457. The highest BCUT2D eigenvalue weighted by Crippen LogP contribution is 2.41. The van der Waals surface area contributed by atoms with Crippen molar-refractivity contribution in [2.45, 2.75) is 46.0 Å². The molecule has 1 saturated carbocycles. The molecule has 1 aliphatic carbocycles. The molecule has 2 aromatic heterocycles. The van der Waals surface area contributed by atoms with E-state index >= 15 is 0 Å². The summed E-state index contributed by atoms with van der Waals surface area (Å²) in [6.07, 6.45) is 3.10. The van der Waals surface area contributed by atoms with Gasteiger partial charge in [-0.15, -0.1) is 0 Å². The van der Waals surface area contributed by atoms with E-state index in [-0.39, 0.29) is 5.91 Å². The van der Waals surface area contributed by atoms with Crippen LogP contribution in [0.2, 0.25) is 0 Å². The Hall–Kier alpha value is -3.47. The minimum atomic E-state index is -0.103. The van der Waals surface area contributed by atoms with E-state index in [0.717, 1.165) is 64.2 Å². The van der Waals surface area contributed by atoms with Crippen LogP contribution in [0, 0.1) is 13.8 Å². The summed E-state index contributed by atoms with van der Waals surface area (Å²) in [5.74, 6) is 0.328. The number of hydrogen-bond acceptors (Lipinski definition) is 3. The fraction of sp³-hybridized carbons (Fsp3) is 0.269. The topological polar surface area (TPSA) is 59.8 Å². The van der Waals surface area contributed by atoms with Crippen molar-refractivity contribution in [1.29, 1.82) is 0 Å². The van der Waals surface area contributed by atoms with Gasteiger partial charge in [0.1, 0.15) is 0 Å². The summed E-state index contributed by atoms with van der Waals surface area (Å²) < 4.78 is 1.86. The van der Waals surface area contributed by atoms with E-state index in [9.17, 15) is 4.79 Å². The number of carbonyl (C=O) groups excluding carboxylic acids is 1. The number of carbonyl (C=O) groups is 1. The van der Waals surface area contributed by atoms with Crippen molar-refractivity contribution < 1.29 is 4.79 Å². The van der Waals surface area contributed by atoms with Crippen LogP contribution in [0.25, 0.3) is 16.7 Å². The molecule has 4 aromatic rings. The number of nitrogens with zero attached hydrogens (tertiary/aromatic N) is 3. The molecule has 1 amide bonds. The Morgan fingerprint density at radius 2 is 1.87 bits per heavy atom. The monoisotopic (exact) mass is 410 g/mol. The number of aromatic nitrogens is 3. The first-order valence-electron chi connectivity index (χ1n) is 10.9. The van der Waals surface area contributed by atoms with Gasteiger partial charge in [0.15, 0.2) is 5.65 Å². The van der Waals surface area contributed by atoms with E-state index in [1.54, 1.807) is 0 Å². The zero-order chi connectivity index (χ0) is 21.5. The Labute approximate surface area is 182 Å². The van der Waals surface area contributed by atoms with E-state index in [1.807, 2.05) is 67.1 Å². The highest BCUT2D eigenvalue weighted by molar-refractivity contribution is 6.13. The lowest BCUT2D eigenvalue weighted by molar-refractivity contribution is 0.102. The second-order valence-corrected chi connectivity index (χ2v) is 8.32. The fourth-order valence-corrected chi connectivity index (χ4v) is 4.21. The summed E-state index contributed by atoms with van der Waals surface area (Å²) in [5.41, 5.74) is 7.24. The first-order valence-corrected chi connectivity index (χ1v) is 10.9. The molecule has 1 N–H and O–H groups in total. The molecule has 1 aliphatic rings. The first kappa shape index (κ1) is 19.5. The molecule has 0 saturated heterocycles. The maximum absolute atomic E-state index is 13.6. The van der Waals surface area contributed by atoms with Crippen molar-refractivity contribution in [3.63, 3.8) is 0 Å². The maximum Gasteiger partial charge on any atom is 0.256 e. The van der Waals surface area contributed by atoms with Gasteiger partial charge in [-0.05, 0) is 62.4 Å². The largest absolute Gasteiger partial charge is 0.321 e. The van der Waals surface area contributed by atoms with Crippen LogP contribution in [0.15, 0.2) is 54.6 Å². The molecule has 2 aromatic carbocycles. The predicted molar refractivity (Wildman–Crippen MR) is 124 cm³/mol. The standard InChI is InChI=1S/C26H26N4O/c1-4-18-10-8-9-16(2)24(18)28-26(31)21-15-22(19-13-14-19)27-25-23(21)17(3)29-30(25)20-11-6-5-7-12-20/h5-12,15,19H,4,13-14H2,1-3H3,(H,28,31). The van der Waals surface area contributed by atoms with Gasteiger partial charge in [-0.2, -0.15) is 5.10 Å². The molecule has 0 atom stereocenters. The van der Waals surface area contributed by atoms with Crippen LogP contribution in [0.3, 0.4) is 0 Å². The number of anilines is 1. The molecule has 1 fully saturated rings. The number of amides is 1. The molecule has 5 heteroatoms. The van der Waals surface area contributed by atoms with Gasteiger partial charge in [-0.3, -0.25) is 4.79 Å². The van der Waals surface area contributed by atoms with Crippen LogP contribution >= 0.6 is 0 Å². The van der Waals surface area contributed by atoms with Gasteiger partial charge < -0.3 is 5.32 Å². The van der Waals surface area contributed by atoms with Gasteiger partial charge in [-0.25, -0.2) is 9.67 Å². The number of pyridine rings is 1. The molecule has 31 heavy (non-hydrogen) atoms. The lowest BCUT2D eigenvalue weighted by Gasteiger charge is -2.14. The number of rotatable bonds is 5. The van der Waals surface area contributed by atoms with E-state index in [1.165, 1.54) is 0 Å². The van der Waals surface area contributed by atoms with Crippen molar-refractivity contribution in [3.8, 4) is 5.69 Å². The molecule has 5 nitrogen and oxygen atoms in total. The Balaban J connectivity index is 1.67. The van der Waals surface area contributed by atoms with Crippen LogP contribution < -0.4 is 5.32 Å². The molecule has 2 heterocycles. The zero-order valence-electron chi connectivity index (χ0n) is 18.1. The van der Waals surface area contributed by atoms with Crippen LogP contribution in [0.1, 0.15) is 58.6 Å². The Morgan fingerprint density at radius 3 is 2.58 bits per heavy atom. The van der Waals surface area contributed by atoms with Crippen LogP contribution in [0.4, 0.5) is 5.69 Å². The highest BCUT2D eigenvalue weighted by atomic mass is 16.1. The minimum absolute atomic E-state index is 0.103. The van der Waals surface area contributed by atoms with Gasteiger partial charge in [-0.1, -0.05) is 43.3 Å². The second kappa shape index (κ2) is 7.65. The summed E-state index contributed by atoms with van der Waals surface area (Å²) in [7, 11) is 0. The van der Waals surface area contributed by atoms with Crippen molar-refractivity contribution in [3.05, 3.63) is 82.7 Å². The average molecular weight is 411 g/mol. The van der Waals surface area contributed by atoms with Crippen LogP contribution in [0.5, 0.6) is 0 Å². The number of hydrogen-bond donors (Lipinski definition) is 1. The Bertz CT molecular complexity index is 1290. The molecule has 5 rings (SSSR count). The molecule has 0 radical (unpaired) electrons. The fourth-order valence-electron chi connectivity index (χ4n) is 4.21. The molecule has 0 unspecified atom stereocenters. The third-order valence-electron chi connectivity index (χ3n) is 6.05. The number of nitrogens with one attached hydrogen (secondary N) is 1. The maximum atomic E-state index is 13.6. The minimum Gasteiger partial charge on any atom is -0.321 e. The molecule has 156 valence electrons. The van der Waals surface area contributed by atoms with Gasteiger partial charge in [0, 0.05) is 17.3 Å². The third-order valence-corrected chi connectivity index (χ3v) is 6.05. The smallest absolute Gasteiger partial charge is 0.256 e. The van der Waals surface area contributed by atoms with E-state index in [0.29, 0.717) is 11.5 Å². The van der Waals surface area contributed by atoms with Gasteiger partial charge in [0.25, 0.3) is 5.91 Å². The van der Waals surface area contributed by atoms with E-state index < -0.39 is 0 Å². The van der Waals surface area contributed by atoms with Gasteiger partial charge in [0.05, 0.1) is 22.3 Å². The first-order chi connectivity index (χ1) is 15.1. The van der Waals surface area contributed by atoms with Gasteiger partial charge >= 0.3 is 0 Å². The van der Waals surface area contributed by atoms with Crippen molar-refractivity contribution in [1.82, 2.24) is 14.8 Å². The summed E-state index contributed by atoms with van der Waals surface area (Å²) in [4.78, 5) is 18.5. The molecule has 0 aliphatic heterocycles. The van der Waals surface area contributed by atoms with Crippen molar-refractivity contribution >= 4 is 22.6 Å². The molecular formula is C26H26N4O. The molecular weight excluding hydrogens is 384 g/mol. The molecule has 0 bridgehead atoms. The van der Waals surface area contributed by atoms with E-state index in [4.69, 9.17) is 10.1 Å². The summed E-state index contributed by atoms with van der Waals surface area (Å²) >= 11 is 0. The number of aryl methyl sites for hydroxylation is 3. The second-order valence-electron chi connectivity index (χ2n) is 8.32. The van der Waals surface area contributed by atoms with Crippen LogP contribution in [-0.2, 0) is 6.42 Å². The predicted octanol–water partition coefficient (Wildman–Crippen LogP) is 5.73. The SMILES string of the molecule is CCc1cccc(C)c1NC(=O)c1cc(C2CC2)nc2c1c(C)nn2-c1ccccc1. The Kier molecular flexibility index (Phi) is 4.81. The number of benzene rings is 2. The summed E-state index contributed by atoms with van der Waals surface area (Å²) in [6, 6.07) is 18.1. The normalized spacial score (nSPS) is 13.5. The average Bonchev–Trinajstić information content (AvgIpc) is 3.59. The number of fused-ring (bicyclic) bond motifs is 1. The lowest BCUT2D eigenvalue weighted by Crippen LogP contribution is -2.16. The third kappa shape index (κ3) is 3.50. The van der Waals surface area contributed by atoms with E-state index in [2.05, 4.69) is 18.3 Å². The Morgan fingerprint density at radius 1 is 1.10 bits per heavy atom. The molecule has 0 spiro atoms. The van der Waals surface area contributed by atoms with Crippen molar-refractivity contribution in [2.75, 3.05) is 5.32 Å². The zero-order valence-corrected chi connectivity index (χ0v) is 18.1. The summed E-state index contributed by atoms with van der Waals surface area (Å²) in [5, 5.41) is 8.77. The summed E-state index contributed by atoms with van der Waals surface area (Å²) in [6.45, 7) is 6.09.